The van der Waals surface area contributed by atoms with E-state index in [4.69, 9.17) is 4.74 Å². The molecule has 0 saturated heterocycles. The number of nitrogens with zero attached hydrogens (tertiary/aromatic N) is 2. The van der Waals surface area contributed by atoms with Crippen LogP contribution in [0.2, 0.25) is 0 Å². The van der Waals surface area contributed by atoms with E-state index in [1.807, 2.05) is 35.2 Å². The first-order chi connectivity index (χ1) is 15.3. The summed E-state index contributed by atoms with van der Waals surface area (Å²) in [5.74, 6) is 2.12. The van der Waals surface area contributed by atoms with Crippen LogP contribution in [0.1, 0.15) is 56.7 Å². The van der Waals surface area contributed by atoms with Crippen molar-refractivity contribution in [2.45, 2.75) is 60.0 Å². The van der Waals surface area contributed by atoms with Crippen LogP contribution in [0.4, 0.5) is 5.69 Å². The highest BCUT2D eigenvalue weighted by atomic mass is 16.5. The van der Waals surface area contributed by atoms with Gasteiger partial charge in [-0.05, 0) is 61.6 Å². The molecule has 2 aromatic rings. The number of aryl methyl sites for hydroxylation is 2. The van der Waals surface area contributed by atoms with Gasteiger partial charge in [0, 0.05) is 18.3 Å². The topological polar surface area (TPSA) is 41.9 Å². The lowest BCUT2D eigenvalue weighted by Gasteiger charge is -2.37. The van der Waals surface area contributed by atoms with Crippen LogP contribution in [0.25, 0.3) is 0 Å². The fraction of sp³-hybridized carbons (Fsp3) is 0.500. The molecule has 0 bridgehead atoms. The zero-order chi connectivity index (χ0) is 23.3. The van der Waals surface area contributed by atoms with Crippen molar-refractivity contribution in [1.82, 2.24) is 0 Å². The normalized spacial score (nSPS) is 21.5. The number of benzene rings is 2. The molecule has 0 radical (unpaired) electrons. The molecule has 3 atom stereocenters. The molecule has 32 heavy (non-hydrogen) atoms. The molecule has 0 N–H and O–H groups in total. The predicted molar refractivity (Wildman–Crippen MR) is 133 cm³/mol. The van der Waals surface area contributed by atoms with Gasteiger partial charge in [0.05, 0.1) is 0 Å². The number of para-hydroxylation sites is 1. The number of hydrogen-bond donors (Lipinski definition) is 0. The quantitative estimate of drug-likeness (QED) is 0.309. The smallest absolute Gasteiger partial charge is 0.326 e. The third-order valence-corrected chi connectivity index (χ3v) is 6.79. The monoisotopic (exact) mass is 434 g/mol. The number of carbonyl (C=O) groups excluding carboxylic acids is 1. The van der Waals surface area contributed by atoms with Gasteiger partial charge in [0.25, 0.3) is 0 Å². The lowest BCUT2D eigenvalue weighted by atomic mass is 9.75. The lowest BCUT2D eigenvalue weighted by molar-refractivity contribution is -0.154. The van der Waals surface area contributed by atoms with Gasteiger partial charge in [-0.2, -0.15) is 0 Å². The van der Waals surface area contributed by atoms with E-state index < -0.39 is 0 Å². The van der Waals surface area contributed by atoms with Crippen LogP contribution in [0.3, 0.4) is 0 Å². The summed E-state index contributed by atoms with van der Waals surface area (Å²) in [6, 6.07) is 16.3. The standard InChI is InChI=1S/C28H38N2O2/c1-19(2)23-16-15-20(3)17-26(23)32-27(31)18-30(25-14-10-8-12-22(25)5)28(29-6)24-13-9-7-11-21(24)4/h7-14,19-20,23,26H,15-18H2,1-6H3/t20-,23+,26-/m1/s1. The van der Waals surface area contributed by atoms with Crippen LogP contribution in [0, 0.1) is 31.6 Å². The number of esters is 1. The molecule has 0 heterocycles. The second-order valence-corrected chi connectivity index (χ2v) is 9.59. The van der Waals surface area contributed by atoms with Crippen molar-refractivity contribution in [3.05, 3.63) is 65.2 Å². The number of rotatable bonds is 6. The average molecular weight is 435 g/mol. The first kappa shape index (κ1) is 24.0. The molecule has 1 aliphatic carbocycles. The summed E-state index contributed by atoms with van der Waals surface area (Å²) in [6.07, 6.45) is 3.28. The zero-order valence-corrected chi connectivity index (χ0v) is 20.5. The van der Waals surface area contributed by atoms with Crippen molar-refractivity contribution in [2.24, 2.45) is 22.7 Å². The van der Waals surface area contributed by atoms with Gasteiger partial charge in [-0.1, -0.05) is 69.7 Å². The molecule has 0 spiro atoms. The molecular formula is C28H38N2O2. The Bertz CT molecular complexity index is 950. The highest BCUT2D eigenvalue weighted by molar-refractivity contribution is 6.12. The van der Waals surface area contributed by atoms with Gasteiger partial charge in [0.1, 0.15) is 18.5 Å². The van der Waals surface area contributed by atoms with Crippen LogP contribution < -0.4 is 4.90 Å². The SMILES string of the molecule is CN=C(c1ccccc1C)N(CC(=O)O[C@@H]1C[C@H](C)CC[C@H]1C(C)C)c1ccccc1C. The largest absolute Gasteiger partial charge is 0.461 e. The number of hydrogen-bond acceptors (Lipinski definition) is 3. The predicted octanol–water partition coefficient (Wildman–Crippen LogP) is 6.19. The number of carbonyl (C=O) groups is 1. The van der Waals surface area contributed by atoms with Crippen LogP contribution >= 0.6 is 0 Å². The van der Waals surface area contributed by atoms with E-state index in [2.05, 4.69) is 57.8 Å². The maximum atomic E-state index is 13.3. The molecule has 172 valence electrons. The minimum Gasteiger partial charge on any atom is -0.461 e. The van der Waals surface area contributed by atoms with Crippen molar-refractivity contribution >= 4 is 17.5 Å². The molecule has 4 heteroatoms. The highest BCUT2D eigenvalue weighted by Gasteiger charge is 2.34. The van der Waals surface area contributed by atoms with Gasteiger partial charge < -0.3 is 9.64 Å². The Morgan fingerprint density at radius 1 is 1.06 bits per heavy atom. The van der Waals surface area contributed by atoms with Crippen molar-refractivity contribution in [1.29, 1.82) is 0 Å². The summed E-state index contributed by atoms with van der Waals surface area (Å²) in [5, 5.41) is 0. The Kier molecular flexibility index (Phi) is 8.11. The minimum absolute atomic E-state index is 0.00885. The number of aliphatic imine (C=N–C) groups is 1. The third-order valence-electron chi connectivity index (χ3n) is 6.79. The summed E-state index contributed by atoms with van der Waals surface area (Å²) in [6.45, 7) is 11.0. The number of amidine groups is 1. The van der Waals surface area contributed by atoms with E-state index in [1.165, 1.54) is 6.42 Å². The maximum absolute atomic E-state index is 13.3. The van der Waals surface area contributed by atoms with Crippen LogP contribution in [0.5, 0.6) is 0 Å². The Morgan fingerprint density at radius 3 is 2.34 bits per heavy atom. The van der Waals surface area contributed by atoms with E-state index in [-0.39, 0.29) is 18.6 Å². The van der Waals surface area contributed by atoms with Gasteiger partial charge in [-0.3, -0.25) is 9.79 Å². The molecule has 4 nitrogen and oxygen atoms in total. The number of ether oxygens (including phenoxy) is 1. The fourth-order valence-corrected chi connectivity index (χ4v) is 4.94. The Balaban J connectivity index is 1.90. The molecule has 1 saturated carbocycles. The van der Waals surface area contributed by atoms with Gasteiger partial charge in [-0.15, -0.1) is 0 Å². The van der Waals surface area contributed by atoms with Crippen molar-refractivity contribution in [2.75, 3.05) is 18.5 Å². The average Bonchev–Trinajstić information content (AvgIpc) is 2.75. The van der Waals surface area contributed by atoms with Gasteiger partial charge in [-0.25, -0.2) is 0 Å². The zero-order valence-electron chi connectivity index (χ0n) is 20.5. The van der Waals surface area contributed by atoms with Crippen molar-refractivity contribution in [3.8, 4) is 0 Å². The molecule has 0 aromatic heterocycles. The molecule has 0 aliphatic heterocycles. The van der Waals surface area contributed by atoms with Crippen LogP contribution in [-0.2, 0) is 9.53 Å². The highest BCUT2D eigenvalue weighted by Crippen LogP contribution is 2.35. The van der Waals surface area contributed by atoms with Gasteiger partial charge in [0.2, 0.25) is 0 Å². The van der Waals surface area contributed by atoms with Crippen molar-refractivity contribution < 1.29 is 9.53 Å². The first-order valence-corrected chi connectivity index (χ1v) is 11.9. The maximum Gasteiger partial charge on any atom is 0.326 e. The molecule has 3 rings (SSSR count). The van der Waals surface area contributed by atoms with Crippen LogP contribution in [0.15, 0.2) is 53.5 Å². The first-order valence-electron chi connectivity index (χ1n) is 11.9. The Hall–Kier alpha value is -2.62. The summed E-state index contributed by atoms with van der Waals surface area (Å²) >= 11 is 0. The lowest BCUT2D eigenvalue weighted by Crippen LogP contribution is -2.41. The van der Waals surface area contributed by atoms with Crippen molar-refractivity contribution in [3.63, 3.8) is 0 Å². The summed E-state index contributed by atoms with van der Waals surface area (Å²) in [7, 11) is 1.79. The van der Waals surface area contributed by atoms with E-state index in [0.29, 0.717) is 17.8 Å². The molecular weight excluding hydrogens is 396 g/mol. The molecule has 1 fully saturated rings. The van der Waals surface area contributed by atoms with Crippen LogP contribution in [-0.4, -0.2) is 31.5 Å². The summed E-state index contributed by atoms with van der Waals surface area (Å²) in [4.78, 5) is 19.9. The second-order valence-electron chi connectivity index (χ2n) is 9.59. The van der Waals surface area contributed by atoms with Gasteiger partial charge in [0.15, 0.2) is 0 Å². The molecule has 1 aliphatic rings. The van der Waals surface area contributed by atoms with E-state index in [9.17, 15) is 4.79 Å². The molecule has 2 aromatic carbocycles. The van der Waals surface area contributed by atoms with E-state index in [1.54, 1.807) is 7.05 Å². The van der Waals surface area contributed by atoms with E-state index >= 15 is 0 Å². The summed E-state index contributed by atoms with van der Waals surface area (Å²) in [5.41, 5.74) is 4.23. The second kappa shape index (κ2) is 10.8. The third kappa shape index (κ3) is 5.59. The summed E-state index contributed by atoms with van der Waals surface area (Å²) < 4.78 is 6.15. The van der Waals surface area contributed by atoms with E-state index in [0.717, 1.165) is 41.1 Å². The Labute approximate surface area is 193 Å². The molecule has 0 unspecified atom stereocenters. The van der Waals surface area contributed by atoms with Gasteiger partial charge >= 0.3 is 5.97 Å². The Morgan fingerprint density at radius 2 is 1.72 bits per heavy atom. The fourth-order valence-electron chi connectivity index (χ4n) is 4.94. The molecule has 0 amide bonds. The minimum atomic E-state index is -0.187. The number of anilines is 1.